The molecule has 0 atom stereocenters. The molecule has 1 aliphatic rings. The number of carbonyl (C=O) groups excluding carboxylic acids is 1. The Morgan fingerprint density at radius 2 is 2.13 bits per heavy atom. The summed E-state index contributed by atoms with van der Waals surface area (Å²) in [7, 11) is 1.48. The third-order valence-electron chi connectivity index (χ3n) is 4.20. The topological polar surface area (TPSA) is 34.0 Å². The van der Waals surface area contributed by atoms with Crippen LogP contribution in [0, 0.1) is 5.82 Å². The number of amides is 1. The molecule has 2 aromatic rings. The quantitative estimate of drug-likeness (QED) is 0.917. The number of nitrogens with zero attached hydrogens (tertiary/aromatic N) is 1. The highest BCUT2D eigenvalue weighted by Crippen LogP contribution is 2.18. The molecule has 4 nitrogen and oxygen atoms in total. The Hall–Kier alpha value is -1.92. The van der Waals surface area contributed by atoms with E-state index in [1.54, 1.807) is 22.3 Å². The molecule has 122 valence electrons. The Balaban J connectivity index is 1.60. The van der Waals surface area contributed by atoms with Crippen LogP contribution in [0.5, 0.6) is 5.75 Å². The molecule has 1 saturated heterocycles. The Labute approximate surface area is 139 Å². The molecule has 0 saturated carbocycles. The molecule has 2 heterocycles. The van der Waals surface area contributed by atoms with E-state index in [0.717, 1.165) is 19.6 Å². The number of carbonyl (C=O) groups is 1. The van der Waals surface area contributed by atoms with Crippen LogP contribution in [-0.2, 0) is 6.54 Å². The highest BCUT2D eigenvalue weighted by Gasteiger charge is 2.26. The zero-order valence-corrected chi connectivity index (χ0v) is 13.9. The Bertz CT molecular complexity index is 667. The Morgan fingerprint density at radius 1 is 1.35 bits per heavy atom. The predicted octanol–water partition coefficient (Wildman–Crippen LogP) is 1.44. The van der Waals surface area contributed by atoms with Crippen molar-refractivity contribution in [2.45, 2.75) is 6.54 Å². The second-order valence-electron chi connectivity index (χ2n) is 5.70. The first-order chi connectivity index (χ1) is 11.2. The zero-order valence-electron chi connectivity index (χ0n) is 13.0. The Morgan fingerprint density at radius 3 is 2.74 bits per heavy atom. The van der Waals surface area contributed by atoms with Crippen molar-refractivity contribution in [3.63, 3.8) is 0 Å². The van der Waals surface area contributed by atoms with Crippen LogP contribution >= 0.6 is 11.3 Å². The van der Waals surface area contributed by atoms with Gasteiger partial charge < -0.3 is 14.5 Å². The van der Waals surface area contributed by atoms with Gasteiger partial charge in [0.2, 0.25) is 0 Å². The van der Waals surface area contributed by atoms with Crippen LogP contribution in [0.15, 0.2) is 35.0 Å². The van der Waals surface area contributed by atoms with Crippen LogP contribution in [0.2, 0.25) is 0 Å². The fourth-order valence-corrected chi connectivity index (χ4v) is 3.52. The molecule has 1 aliphatic heterocycles. The minimum Gasteiger partial charge on any atom is -0.497 e. The van der Waals surface area contributed by atoms with Gasteiger partial charge in [0.05, 0.1) is 38.9 Å². The summed E-state index contributed by atoms with van der Waals surface area (Å²) in [5.74, 6) is -0.341. The minimum atomic E-state index is -0.526. The van der Waals surface area contributed by atoms with Crippen molar-refractivity contribution in [2.24, 2.45) is 0 Å². The summed E-state index contributed by atoms with van der Waals surface area (Å²) in [6.45, 7) is 4.08. The SMILES string of the molecule is COc1ccc(C(=O)N2CC[NH+](Cc3ccsc3)CC2)c(F)c1. The number of quaternary nitrogens is 1. The molecule has 23 heavy (non-hydrogen) atoms. The average molecular weight is 335 g/mol. The third-order valence-corrected chi connectivity index (χ3v) is 4.93. The number of hydrogen-bond acceptors (Lipinski definition) is 3. The second kappa shape index (κ2) is 7.10. The number of rotatable bonds is 4. The molecule has 0 unspecified atom stereocenters. The maximum absolute atomic E-state index is 14.0. The molecule has 0 aliphatic carbocycles. The lowest BCUT2D eigenvalue weighted by atomic mass is 10.1. The number of piperazine rings is 1. The monoisotopic (exact) mass is 335 g/mol. The van der Waals surface area contributed by atoms with Gasteiger partial charge in [-0.3, -0.25) is 4.79 Å². The van der Waals surface area contributed by atoms with Crippen LogP contribution in [0.3, 0.4) is 0 Å². The van der Waals surface area contributed by atoms with Crippen molar-refractivity contribution >= 4 is 17.2 Å². The smallest absolute Gasteiger partial charge is 0.257 e. The van der Waals surface area contributed by atoms with E-state index in [4.69, 9.17) is 4.74 Å². The van der Waals surface area contributed by atoms with Gasteiger partial charge in [-0.1, -0.05) is 0 Å². The molecule has 1 amide bonds. The summed E-state index contributed by atoms with van der Waals surface area (Å²) >= 11 is 1.71. The summed E-state index contributed by atoms with van der Waals surface area (Å²) in [6.07, 6.45) is 0. The van der Waals surface area contributed by atoms with E-state index in [0.29, 0.717) is 18.8 Å². The van der Waals surface area contributed by atoms with Gasteiger partial charge in [0.25, 0.3) is 5.91 Å². The normalized spacial score (nSPS) is 15.7. The molecule has 6 heteroatoms. The predicted molar refractivity (Wildman–Crippen MR) is 87.6 cm³/mol. The van der Waals surface area contributed by atoms with E-state index in [1.165, 1.54) is 29.7 Å². The lowest BCUT2D eigenvalue weighted by molar-refractivity contribution is -0.917. The molecule has 0 radical (unpaired) electrons. The van der Waals surface area contributed by atoms with E-state index in [1.807, 2.05) is 0 Å². The number of benzene rings is 1. The van der Waals surface area contributed by atoms with Crippen molar-refractivity contribution < 1.29 is 18.8 Å². The minimum absolute atomic E-state index is 0.118. The number of ether oxygens (including phenoxy) is 1. The number of halogens is 1. The van der Waals surface area contributed by atoms with E-state index >= 15 is 0 Å². The van der Waals surface area contributed by atoms with Crippen LogP contribution in [0.25, 0.3) is 0 Å². The maximum Gasteiger partial charge on any atom is 0.257 e. The van der Waals surface area contributed by atoms with Crippen molar-refractivity contribution in [3.05, 3.63) is 52.0 Å². The van der Waals surface area contributed by atoms with Crippen LogP contribution in [-0.4, -0.2) is 44.1 Å². The first-order valence-electron chi connectivity index (χ1n) is 7.65. The van der Waals surface area contributed by atoms with Gasteiger partial charge in [-0.2, -0.15) is 11.3 Å². The standard InChI is InChI=1S/C17H19FN2O2S/c1-22-14-2-3-15(16(18)10-14)17(21)20-7-5-19(6-8-20)11-13-4-9-23-12-13/h2-4,9-10,12H,5-8,11H2,1H3/p+1. The fraction of sp³-hybridized carbons (Fsp3) is 0.353. The summed E-state index contributed by atoms with van der Waals surface area (Å²) < 4.78 is 19.0. The number of thiophene rings is 1. The van der Waals surface area contributed by atoms with Gasteiger partial charge in [-0.25, -0.2) is 4.39 Å². The maximum atomic E-state index is 14.0. The van der Waals surface area contributed by atoms with Gasteiger partial charge in [-0.15, -0.1) is 0 Å². The van der Waals surface area contributed by atoms with Crippen molar-refractivity contribution in [1.82, 2.24) is 4.90 Å². The molecule has 0 spiro atoms. The van der Waals surface area contributed by atoms with E-state index in [2.05, 4.69) is 16.8 Å². The average Bonchev–Trinajstić information content (AvgIpc) is 3.08. The lowest BCUT2D eigenvalue weighted by Crippen LogP contribution is -3.13. The van der Waals surface area contributed by atoms with Gasteiger partial charge in [0.15, 0.2) is 0 Å². The second-order valence-corrected chi connectivity index (χ2v) is 6.48. The molecule has 3 rings (SSSR count). The van der Waals surface area contributed by atoms with E-state index in [-0.39, 0.29) is 11.5 Å². The van der Waals surface area contributed by atoms with Gasteiger partial charge >= 0.3 is 0 Å². The molecule has 1 aromatic carbocycles. The fourth-order valence-electron chi connectivity index (χ4n) is 2.85. The first-order valence-corrected chi connectivity index (χ1v) is 8.59. The summed E-state index contributed by atoms with van der Waals surface area (Å²) in [6, 6.07) is 6.52. The molecular weight excluding hydrogens is 315 g/mol. The lowest BCUT2D eigenvalue weighted by Gasteiger charge is -2.32. The molecule has 1 aromatic heterocycles. The zero-order chi connectivity index (χ0) is 16.2. The molecular formula is C17H20FN2O2S+. The van der Waals surface area contributed by atoms with E-state index in [9.17, 15) is 9.18 Å². The van der Waals surface area contributed by atoms with Crippen LogP contribution in [0.4, 0.5) is 4.39 Å². The van der Waals surface area contributed by atoms with Gasteiger partial charge in [0, 0.05) is 11.6 Å². The van der Waals surface area contributed by atoms with Crippen LogP contribution < -0.4 is 9.64 Å². The Kier molecular flexibility index (Phi) is 4.93. The summed E-state index contributed by atoms with van der Waals surface area (Å²) in [4.78, 5) is 15.7. The van der Waals surface area contributed by atoms with Gasteiger partial charge in [0.1, 0.15) is 18.1 Å². The van der Waals surface area contributed by atoms with Crippen molar-refractivity contribution in [2.75, 3.05) is 33.3 Å². The summed E-state index contributed by atoms with van der Waals surface area (Å²) in [5, 5.41) is 4.25. The highest BCUT2D eigenvalue weighted by molar-refractivity contribution is 7.07. The van der Waals surface area contributed by atoms with Gasteiger partial charge in [-0.05, 0) is 29.0 Å². The molecule has 1 N–H and O–H groups in total. The highest BCUT2D eigenvalue weighted by atomic mass is 32.1. The first kappa shape index (κ1) is 16.0. The number of nitrogens with one attached hydrogen (secondary N) is 1. The molecule has 0 bridgehead atoms. The van der Waals surface area contributed by atoms with E-state index < -0.39 is 5.82 Å². The summed E-state index contributed by atoms with van der Waals surface area (Å²) in [5.41, 5.74) is 1.46. The van der Waals surface area contributed by atoms with Crippen molar-refractivity contribution in [1.29, 1.82) is 0 Å². The number of methoxy groups -OCH3 is 1. The number of hydrogen-bond donors (Lipinski definition) is 1. The largest absolute Gasteiger partial charge is 0.497 e. The molecule has 1 fully saturated rings. The van der Waals surface area contributed by atoms with Crippen LogP contribution in [0.1, 0.15) is 15.9 Å². The third kappa shape index (κ3) is 3.71. The van der Waals surface area contributed by atoms with Crippen molar-refractivity contribution in [3.8, 4) is 5.75 Å².